The van der Waals surface area contributed by atoms with Gasteiger partial charge in [0.2, 0.25) is 0 Å². The lowest BCUT2D eigenvalue weighted by Gasteiger charge is -2.25. The topological polar surface area (TPSA) is 46.6 Å². The first kappa shape index (κ1) is 19.3. The van der Waals surface area contributed by atoms with Crippen LogP contribution in [0, 0.1) is 5.92 Å². The zero-order valence-electron chi connectivity index (χ0n) is 14.5. The second-order valence-electron chi connectivity index (χ2n) is 7.26. The average Bonchev–Trinajstić information content (AvgIpc) is 2.96. The molecule has 0 spiro atoms. The van der Waals surface area contributed by atoms with Gasteiger partial charge in [0, 0.05) is 19.0 Å². The van der Waals surface area contributed by atoms with Crippen LogP contribution in [0.4, 0.5) is 18.0 Å². The van der Waals surface area contributed by atoms with E-state index in [4.69, 9.17) is 4.74 Å². The van der Waals surface area contributed by atoms with E-state index < -0.39 is 29.4 Å². The molecule has 0 radical (unpaired) electrons. The van der Waals surface area contributed by atoms with Crippen LogP contribution in [0.3, 0.4) is 0 Å². The molecular weight excluding hydrogens is 335 g/mol. The molecule has 25 heavy (non-hydrogen) atoms. The van der Waals surface area contributed by atoms with E-state index in [2.05, 4.69) is 0 Å². The minimum atomic E-state index is -4.41. The normalized spacial score (nSPS) is 19.6. The smallest absolute Gasteiger partial charge is 0.416 e. The second-order valence-corrected chi connectivity index (χ2v) is 7.26. The third kappa shape index (κ3) is 4.96. The lowest BCUT2D eigenvalue weighted by molar-refractivity contribution is -0.137. The number of carbonyl (C=O) groups is 2. The monoisotopic (exact) mass is 357 g/mol. The van der Waals surface area contributed by atoms with Gasteiger partial charge in [-0.1, -0.05) is 12.1 Å². The number of benzene rings is 1. The number of alkyl halides is 3. The van der Waals surface area contributed by atoms with E-state index >= 15 is 0 Å². The summed E-state index contributed by atoms with van der Waals surface area (Å²) in [6.07, 6.45) is -3.50. The maximum atomic E-state index is 12.7. The van der Waals surface area contributed by atoms with Crippen molar-refractivity contribution in [3.05, 3.63) is 35.4 Å². The fourth-order valence-electron chi connectivity index (χ4n) is 2.93. The van der Waals surface area contributed by atoms with Crippen molar-refractivity contribution in [3.8, 4) is 0 Å². The number of likely N-dealkylation sites (tertiary alicyclic amines) is 1. The van der Waals surface area contributed by atoms with Crippen molar-refractivity contribution in [1.82, 2.24) is 4.90 Å². The predicted molar refractivity (Wildman–Crippen MR) is 86.2 cm³/mol. The zero-order chi connectivity index (χ0) is 18.8. The van der Waals surface area contributed by atoms with Gasteiger partial charge in [-0.3, -0.25) is 0 Å². The molecule has 2 unspecified atom stereocenters. The number of ether oxygens (including phenoxy) is 1. The van der Waals surface area contributed by atoms with Gasteiger partial charge >= 0.3 is 12.3 Å². The molecule has 4 nitrogen and oxygen atoms in total. The lowest BCUT2D eigenvalue weighted by atomic mass is 9.86. The van der Waals surface area contributed by atoms with E-state index in [0.717, 1.165) is 18.4 Å². The first-order valence-corrected chi connectivity index (χ1v) is 8.11. The number of aldehydes is 1. The number of nitrogens with zero attached hydrogens (tertiary/aromatic N) is 1. The molecule has 1 aromatic rings. The molecule has 7 heteroatoms. The summed E-state index contributed by atoms with van der Waals surface area (Å²) in [5.74, 6) is -0.684. The molecule has 0 saturated carbocycles. The molecular formula is C18H22F3NO3. The number of rotatable bonds is 3. The van der Waals surface area contributed by atoms with Crippen molar-refractivity contribution in [2.75, 3.05) is 13.1 Å². The molecule has 1 aliphatic rings. The van der Waals surface area contributed by atoms with Gasteiger partial charge in [0.15, 0.2) is 0 Å². The van der Waals surface area contributed by atoms with Crippen LogP contribution < -0.4 is 0 Å². The molecule has 1 aliphatic heterocycles. The summed E-state index contributed by atoms with van der Waals surface area (Å²) in [5, 5.41) is 0. The highest BCUT2D eigenvalue weighted by Crippen LogP contribution is 2.34. The molecule has 2 atom stereocenters. The van der Waals surface area contributed by atoms with Crippen molar-refractivity contribution in [2.24, 2.45) is 5.92 Å². The molecule has 0 aliphatic carbocycles. The van der Waals surface area contributed by atoms with E-state index in [9.17, 15) is 22.8 Å². The molecule has 1 amide bonds. The summed E-state index contributed by atoms with van der Waals surface area (Å²) in [6, 6.07) is 4.62. The quantitative estimate of drug-likeness (QED) is 0.760. The molecule has 0 aromatic heterocycles. The largest absolute Gasteiger partial charge is 0.444 e. The highest BCUT2D eigenvalue weighted by atomic mass is 19.4. The van der Waals surface area contributed by atoms with Crippen LogP contribution in [0.5, 0.6) is 0 Å². The highest BCUT2D eigenvalue weighted by molar-refractivity contribution is 5.69. The van der Waals surface area contributed by atoms with Crippen LogP contribution in [-0.4, -0.2) is 36.0 Å². The van der Waals surface area contributed by atoms with Gasteiger partial charge in [0.05, 0.1) is 5.56 Å². The summed E-state index contributed by atoms with van der Waals surface area (Å²) < 4.78 is 43.3. The third-order valence-electron chi connectivity index (χ3n) is 4.15. The summed E-state index contributed by atoms with van der Waals surface area (Å²) in [7, 11) is 0. The molecule has 1 heterocycles. The Morgan fingerprint density at radius 3 is 2.32 bits per heavy atom. The van der Waals surface area contributed by atoms with E-state index in [0.29, 0.717) is 25.1 Å². The Labute approximate surface area is 144 Å². The third-order valence-corrected chi connectivity index (χ3v) is 4.15. The summed E-state index contributed by atoms with van der Waals surface area (Å²) in [4.78, 5) is 25.2. The molecule has 0 bridgehead atoms. The second kappa shape index (κ2) is 7.06. The number of hydrogen-bond donors (Lipinski definition) is 0. The van der Waals surface area contributed by atoms with E-state index in [-0.39, 0.29) is 5.92 Å². The Bertz CT molecular complexity index is 620. The maximum Gasteiger partial charge on any atom is 0.416 e. The van der Waals surface area contributed by atoms with E-state index in [1.807, 2.05) is 0 Å². The van der Waals surface area contributed by atoms with Gasteiger partial charge in [-0.25, -0.2) is 4.79 Å². The minimum Gasteiger partial charge on any atom is -0.444 e. The first-order valence-electron chi connectivity index (χ1n) is 8.11. The molecule has 1 fully saturated rings. The Morgan fingerprint density at radius 1 is 1.24 bits per heavy atom. The van der Waals surface area contributed by atoms with Crippen molar-refractivity contribution >= 4 is 12.4 Å². The fourth-order valence-corrected chi connectivity index (χ4v) is 2.93. The number of carbonyl (C=O) groups excluding carboxylic acids is 2. The van der Waals surface area contributed by atoms with E-state index in [1.165, 1.54) is 17.0 Å². The van der Waals surface area contributed by atoms with Crippen molar-refractivity contribution < 1.29 is 27.5 Å². The van der Waals surface area contributed by atoms with Crippen molar-refractivity contribution in [3.63, 3.8) is 0 Å². The van der Waals surface area contributed by atoms with Crippen LogP contribution in [-0.2, 0) is 15.7 Å². The molecule has 138 valence electrons. The van der Waals surface area contributed by atoms with Crippen molar-refractivity contribution in [1.29, 1.82) is 0 Å². The van der Waals surface area contributed by atoms with Gasteiger partial charge in [0.1, 0.15) is 11.9 Å². The SMILES string of the molecule is CC(C)(C)OC(=O)N1CCC(C(C=O)c2ccc(C(F)(F)F)cc2)C1. The number of hydrogen-bond acceptors (Lipinski definition) is 3. The van der Waals surface area contributed by atoms with Crippen LogP contribution in [0.25, 0.3) is 0 Å². The van der Waals surface area contributed by atoms with Crippen LogP contribution in [0.2, 0.25) is 0 Å². The zero-order valence-corrected chi connectivity index (χ0v) is 14.5. The highest BCUT2D eigenvalue weighted by Gasteiger charge is 2.35. The molecule has 1 saturated heterocycles. The predicted octanol–water partition coefficient (Wildman–Crippen LogP) is 4.24. The Balaban J connectivity index is 2.07. The maximum absolute atomic E-state index is 12.7. The average molecular weight is 357 g/mol. The summed E-state index contributed by atoms with van der Waals surface area (Å²) in [5.41, 5.74) is -0.825. The standard InChI is InChI=1S/C18H22F3NO3/c1-17(2,3)25-16(24)22-9-8-13(10-22)15(11-23)12-4-6-14(7-5-12)18(19,20)21/h4-7,11,13,15H,8-10H2,1-3H3. The number of amides is 1. The van der Waals surface area contributed by atoms with Crippen LogP contribution in [0.1, 0.15) is 44.2 Å². The molecule has 0 N–H and O–H groups in total. The Hall–Kier alpha value is -2.05. The van der Waals surface area contributed by atoms with Crippen LogP contribution >= 0.6 is 0 Å². The van der Waals surface area contributed by atoms with Crippen molar-refractivity contribution in [2.45, 2.75) is 44.9 Å². The minimum absolute atomic E-state index is 0.137. The van der Waals surface area contributed by atoms with Gasteiger partial charge < -0.3 is 14.4 Å². The fraction of sp³-hybridized carbons (Fsp3) is 0.556. The Kier molecular flexibility index (Phi) is 5.44. The lowest BCUT2D eigenvalue weighted by Crippen LogP contribution is -2.35. The summed E-state index contributed by atoms with van der Waals surface area (Å²) in [6.45, 7) is 6.13. The molecule has 1 aromatic carbocycles. The van der Waals surface area contributed by atoms with Gasteiger partial charge in [-0.2, -0.15) is 13.2 Å². The molecule has 2 rings (SSSR count). The summed E-state index contributed by atoms with van der Waals surface area (Å²) >= 11 is 0. The van der Waals surface area contributed by atoms with Gasteiger partial charge in [0.25, 0.3) is 0 Å². The van der Waals surface area contributed by atoms with Gasteiger partial charge in [-0.05, 0) is 50.8 Å². The Morgan fingerprint density at radius 2 is 1.84 bits per heavy atom. The van der Waals surface area contributed by atoms with Gasteiger partial charge in [-0.15, -0.1) is 0 Å². The first-order chi connectivity index (χ1) is 11.5. The van der Waals surface area contributed by atoms with E-state index in [1.54, 1.807) is 20.8 Å². The van der Waals surface area contributed by atoms with Crippen LogP contribution in [0.15, 0.2) is 24.3 Å². The number of halogens is 3.